The monoisotopic (exact) mass is 359 g/mol. The average Bonchev–Trinajstić information content (AvgIpc) is 2.43. The van der Waals surface area contributed by atoms with Crippen LogP contribution in [0, 0.1) is 0 Å². The van der Waals surface area contributed by atoms with Crippen LogP contribution in [0.4, 0.5) is 0 Å². The van der Waals surface area contributed by atoms with E-state index in [0.29, 0.717) is 5.56 Å². The summed E-state index contributed by atoms with van der Waals surface area (Å²) in [5, 5.41) is 12.3. The number of hydrogen-bond donors (Lipinski definition) is 2. The summed E-state index contributed by atoms with van der Waals surface area (Å²) in [4.78, 5) is 10.8. The number of rotatable bonds is 10. The molecular formula is C15H22BrNO2S. The number of carboxylic acid groups (broad SMARTS) is 1. The van der Waals surface area contributed by atoms with Crippen LogP contribution in [-0.2, 0) is 6.54 Å². The molecule has 0 aliphatic carbocycles. The fraction of sp³-hybridized carbons (Fsp3) is 0.533. The summed E-state index contributed by atoms with van der Waals surface area (Å²) in [6.07, 6.45) is 7.23. The standard InChI is InChI=1S/C15H22BrNO2S/c1-20-9-5-3-2-4-8-17-11-13-7-6-12(15(18)19)10-14(13)16/h6-7,10,17H,2-5,8-9,11H2,1H3,(H,18,19). The van der Waals surface area contributed by atoms with Gasteiger partial charge in [0.25, 0.3) is 0 Å². The fourth-order valence-corrected chi connectivity index (χ4v) is 2.91. The summed E-state index contributed by atoms with van der Waals surface area (Å²) in [6, 6.07) is 5.16. The lowest BCUT2D eigenvalue weighted by Gasteiger charge is -2.08. The van der Waals surface area contributed by atoms with Crippen LogP contribution in [0.25, 0.3) is 0 Å². The summed E-state index contributed by atoms with van der Waals surface area (Å²) in [5.74, 6) is 0.367. The van der Waals surface area contributed by atoms with Crippen molar-refractivity contribution in [2.24, 2.45) is 0 Å². The lowest BCUT2D eigenvalue weighted by molar-refractivity contribution is 0.0697. The van der Waals surface area contributed by atoms with Crippen LogP contribution < -0.4 is 5.32 Å². The highest BCUT2D eigenvalue weighted by molar-refractivity contribution is 9.10. The number of halogens is 1. The van der Waals surface area contributed by atoms with Gasteiger partial charge in [-0.2, -0.15) is 11.8 Å². The van der Waals surface area contributed by atoms with E-state index >= 15 is 0 Å². The van der Waals surface area contributed by atoms with Gasteiger partial charge in [-0.05, 0) is 49.1 Å². The Morgan fingerprint density at radius 1 is 1.30 bits per heavy atom. The lowest BCUT2D eigenvalue weighted by atomic mass is 10.1. The van der Waals surface area contributed by atoms with Gasteiger partial charge in [0.1, 0.15) is 0 Å². The van der Waals surface area contributed by atoms with Gasteiger partial charge in [-0.3, -0.25) is 0 Å². The molecule has 0 saturated heterocycles. The molecule has 112 valence electrons. The number of aromatic carboxylic acids is 1. The van der Waals surface area contributed by atoms with Gasteiger partial charge in [0.05, 0.1) is 5.56 Å². The number of carboxylic acids is 1. The predicted octanol–water partition coefficient (Wildman–Crippen LogP) is 4.16. The molecule has 5 heteroatoms. The first-order chi connectivity index (χ1) is 9.65. The zero-order chi connectivity index (χ0) is 14.8. The Morgan fingerprint density at radius 2 is 2.05 bits per heavy atom. The maximum Gasteiger partial charge on any atom is 0.335 e. The molecule has 0 atom stereocenters. The normalized spacial score (nSPS) is 10.7. The third-order valence-corrected chi connectivity index (χ3v) is 4.50. The molecule has 20 heavy (non-hydrogen) atoms. The van der Waals surface area contributed by atoms with Gasteiger partial charge >= 0.3 is 5.97 Å². The van der Waals surface area contributed by atoms with Gasteiger partial charge in [0.2, 0.25) is 0 Å². The third-order valence-electron chi connectivity index (χ3n) is 3.07. The van der Waals surface area contributed by atoms with E-state index in [1.54, 1.807) is 12.1 Å². The van der Waals surface area contributed by atoms with Crippen molar-refractivity contribution in [2.45, 2.75) is 32.2 Å². The molecule has 0 saturated carbocycles. The molecule has 0 heterocycles. The first-order valence-corrected chi connectivity index (χ1v) is 9.05. The van der Waals surface area contributed by atoms with Gasteiger partial charge in [-0.15, -0.1) is 0 Å². The Hall–Kier alpha value is -0.520. The van der Waals surface area contributed by atoms with E-state index in [2.05, 4.69) is 27.5 Å². The number of carbonyl (C=O) groups is 1. The summed E-state index contributed by atoms with van der Waals surface area (Å²) in [5.41, 5.74) is 1.41. The third kappa shape index (κ3) is 6.77. The van der Waals surface area contributed by atoms with Crippen LogP contribution in [0.2, 0.25) is 0 Å². The molecule has 0 aliphatic heterocycles. The van der Waals surface area contributed by atoms with Gasteiger partial charge in [-0.1, -0.05) is 34.8 Å². The van der Waals surface area contributed by atoms with E-state index in [1.165, 1.54) is 31.4 Å². The minimum atomic E-state index is -0.893. The second-order valence-corrected chi connectivity index (χ2v) is 6.54. The topological polar surface area (TPSA) is 49.3 Å². The molecule has 1 aromatic rings. The van der Waals surface area contributed by atoms with E-state index in [1.807, 2.05) is 17.8 Å². The van der Waals surface area contributed by atoms with Gasteiger partial charge < -0.3 is 10.4 Å². The highest BCUT2D eigenvalue weighted by Gasteiger charge is 2.06. The van der Waals surface area contributed by atoms with Crippen molar-refractivity contribution in [1.29, 1.82) is 0 Å². The van der Waals surface area contributed by atoms with Gasteiger partial charge in [-0.25, -0.2) is 4.79 Å². The molecule has 0 unspecified atom stereocenters. The van der Waals surface area contributed by atoms with Crippen LogP contribution in [0.5, 0.6) is 0 Å². The highest BCUT2D eigenvalue weighted by atomic mass is 79.9. The maximum atomic E-state index is 10.8. The minimum Gasteiger partial charge on any atom is -0.478 e. The molecule has 2 N–H and O–H groups in total. The summed E-state index contributed by atoms with van der Waals surface area (Å²) >= 11 is 5.33. The van der Waals surface area contributed by atoms with Gasteiger partial charge in [0.15, 0.2) is 0 Å². The molecule has 0 aromatic heterocycles. The van der Waals surface area contributed by atoms with E-state index in [-0.39, 0.29) is 0 Å². The Bertz CT molecular complexity index is 426. The fourth-order valence-electron chi connectivity index (χ4n) is 1.90. The summed E-state index contributed by atoms with van der Waals surface area (Å²) in [7, 11) is 0. The van der Waals surface area contributed by atoms with Crippen LogP contribution in [0.3, 0.4) is 0 Å². The molecule has 0 fully saturated rings. The number of unbranched alkanes of at least 4 members (excludes halogenated alkanes) is 3. The number of benzene rings is 1. The van der Waals surface area contributed by atoms with Crippen LogP contribution >= 0.6 is 27.7 Å². The summed E-state index contributed by atoms with van der Waals surface area (Å²) < 4.78 is 0.852. The second-order valence-electron chi connectivity index (χ2n) is 4.70. The SMILES string of the molecule is CSCCCCCCNCc1ccc(C(=O)O)cc1Br. The van der Waals surface area contributed by atoms with Crippen molar-refractivity contribution < 1.29 is 9.90 Å². The van der Waals surface area contributed by atoms with E-state index in [9.17, 15) is 4.79 Å². The molecule has 0 bridgehead atoms. The van der Waals surface area contributed by atoms with E-state index in [0.717, 1.165) is 23.1 Å². The van der Waals surface area contributed by atoms with Crippen molar-refractivity contribution in [3.05, 3.63) is 33.8 Å². The molecule has 0 spiro atoms. The first-order valence-electron chi connectivity index (χ1n) is 6.86. The van der Waals surface area contributed by atoms with E-state index < -0.39 is 5.97 Å². The van der Waals surface area contributed by atoms with Crippen molar-refractivity contribution in [2.75, 3.05) is 18.6 Å². The zero-order valence-corrected chi connectivity index (χ0v) is 14.2. The van der Waals surface area contributed by atoms with Crippen molar-refractivity contribution in [3.63, 3.8) is 0 Å². The molecule has 3 nitrogen and oxygen atoms in total. The molecule has 1 rings (SSSR count). The maximum absolute atomic E-state index is 10.8. The Morgan fingerprint density at radius 3 is 2.70 bits per heavy atom. The number of thioether (sulfide) groups is 1. The van der Waals surface area contributed by atoms with E-state index in [4.69, 9.17) is 5.11 Å². The van der Waals surface area contributed by atoms with Crippen LogP contribution in [0.1, 0.15) is 41.6 Å². The summed E-state index contributed by atoms with van der Waals surface area (Å²) in [6.45, 7) is 1.78. The van der Waals surface area contributed by atoms with Crippen LogP contribution in [-0.4, -0.2) is 29.6 Å². The molecule has 0 radical (unpaired) electrons. The van der Waals surface area contributed by atoms with Crippen molar-refractivity contribution >= 4 is 33.7 Å². The molecular weight excluding hydrogens is 338 g/mol. The highest BCUT2D eigenvalue weighted by Crippen LogP contribution is 2.18. The second kappa shape index (κ2) is 10.2. The number of nitrogens with one attached hydrogen (secondary N) is 1. The lowest BCUT2D eigenvalue weighted by Crippen LogP contribution is -2.15. The number of hydrogen-bond acceptors (Lipinski definition) is 3. The average molecular weight is 360 g/mol. The molecule has 0 amide bonds. The predicted molar refractivity (Wildman–Crippen MR) is 89.7 cm³/mol. The smallest absolute Gasteiger partial charge is 0.335 e. The van der Waals surface area contributed by atoms with Crippen molar-refractivity contribution in [1.82, 2.24) is 5.32 Å². The molecule has 0 aliphatic rings. The van der Waals surface area contributed by atoms with Crippen molar-refractivity contribution in [3.8, 4) is 0 Å². The first kappa shape index (κ1) is 17.5. The Balaban J connectivity index is 2.20. The Kier molecular flexibility index (Phi) is 8.98. The largest absolute Gasteiger partial charge is 0.478 e. The van der Waals surface area contributed by atoms with Gasteiger partial charge in [0, 0.05) is 11.0 Å². The Labute approximate surface area is 133 Å². The zero-order valence-electron chi connectivity index (χ0n) is 11.8. The quantitative estimate of drug-likeness (QED) is 0.615. The molecule has 1 aromatic carbocycles. The van der Waals surface area contributed by atoms with Crippen LogP contribution in [0.15, 0.2) is 22.7 Å². The minimum absolute atomic E-state index is 0.314.